The molecular formula is C11H16O3. The first-order chi connectivity index (χ1) is 6.68. The summed E-state index contributed by atoms with van der Waals surface area (Å²) in [5.74, 6) is 1.12. The smallest absolute Gasteiger partial charge is 0.306 e. The number of fused-ring (bicyclic) bond motifs is 5. The quantitative estimate of drug-likeness (QED) is 0.660. The zero-order chi connectivity index (χ0) is 9.87. The first-order valence-electron chi connectivity index (χ1n) is 5.59. The Balaban J connectivity index is 1.86. The van der Waals surface area contributed by atoms with Crippen LogP contribution in [0, 0.1) is 29.6 Å². The Bertz CT molecular complexity index is 276. The van der Waals surface area contributed by atoms with Gasteiger partial charge in [0.2, 0.25) is 0 Å². The molecule has 0 aromatic rings. The Morgan fingerprint density at radius 2 is 1.93 bits per heavy atom. The van der Waals surface area contributed by atoms with Crippen molar-refractivity contribution < 1.29 is 15.0 Å². The van der Waals surface area contributed by atoms with Crippen molar-refractivity contribution in [2.45, 2.75) is 31.8 Å². The van der Waals surface area contributed by atoms with Gasteiger partial charge in [-0.15, -0.1) is 0 Å². The van der Waals surface area contributed by atoms with E-state index in [0.29, 0.717) is 23.7 Å². The number of carboxylic acid groups (broad SMARTS) is 1. The van der Waals surface area contributed by atoms with Gasteiger partial charge in [-0.1, -0.05) is 0 Å². The summed E-state index contributed by atoms with van der Waals surface area (Å²) in [5.41, 5.74) is 0. The highest BCUT2D eigenvalue weighted by Crippen LogP contribution is 2.60. The lowest BCUT2D eigenvalue weighted by Gasteiger charge is -2.30. The fourth-order valence-corrected chi connectivity index (χ4v) is 4.38. The maximum atomic E-state index is 11.0. The molecule has 3 saturated carbocycles. The molecular weight excluding hydrogens is 180 g/mol. The largest absolute Gasteiger partial charge is 0.481 e. The Labute approximate surface area is 83.1 Å². The summed E-state index contributed by atoms with van der Waals surface area (Å²) in [6.45, 7) is 0. The van der Waals surface area contributed by atoms with Gasteiger partial charge in [-0.25, -0.2) is 0 Å². The van der Waals surface area contributed by atoms with Gasteiger partial charge in [-0.05, 0) is 49.4 Å². The van der Waals surface area contributed by atoms with Crippen LogP contribution in [0.1, 0.15) is 25.7 Å². The normalized spacial score (nSPS) is 54.9. The van der Waals surface area contributed by atoms with Gasteiger partial charge in [0.15, 0.2) is 0 Å². The van der Waals surface area contributed by atoms with E-state index in [9.17, 15) is 9.90 Å². The van der Waals surface area contributed by atoms with E-state index in [1.807, 2.05) is 0 Å². The Morgan fingerprint density at radius 1 is 1.14 bits per heavy atom. The van der Waals surface area contributed by atoms with Crippen LogP contribution in [0.3, 0.4) is 0 Å². The van der Waals surface area contributed by atoms with Crippen LogP contribution in [0.5, 0.6) is 0 Å². The molecule has 78 valence electrons. The summed E-state index contributed by atoms with van der Waals surface area (Å²) in [6.07, 6.45) is 3.67. The monoisotopic (exact) mass is 196 g/mol. The number of carboxylic acids is 1. The number of aliphatic hydroxyl groups is 1. The lowest BCUT2D eigenvalue weighted by molar-refractivity contribution is -0.144. The van der Waals surface area contributed by atoms with Crippen molar-refractivity contribution in [2.24, 2.45) is 29.6 Å². The van der Waals surface area contributed by atoms with Crippen molar-refractivity contribution in [1.29, 1.82) is 0 Å². The van der Waals surface area contributed by atoms with Gasteiger partial charge in [-0.3, -0.25) is 4.79 Å². The molecule has 0 spiro atoms. The lowest BCUT2D eigenvalue weighted by atomic mass is 9.77. The summed E-state index contributed by atoms with van der Waals surface area (Å²) in [7, 11) is 0. The Morgan fingerprint density at radius 3 is 2.64 bits per heavy atom. The molecule has 2 N–H and O–H groups in total. The Hall–Kier alpha value is -0.570. The van der Waals surface area contributed by atoms with Gasteiger partial charge in [-0.2, -0.15) is 0 Å². The predicted molar refractivity (Wildman–Crippen MR) is 49.6 cm³/mol. The molecule has 14 heavy (non-hydrogen) atoms. The maximum Gasteiger partial charge on any atom is 0.306 e. The number of carbonyl (C=O) groups is 1. The minimum Gasteiger partial charge on any atom is -0.481 e. The zero-order valence-electron chi connectivity index (χ0n) is 8.10. The molecule has 0 aromatic heterocycles. The third-order valence-corrected chi connectivity index (χ3v) is 4.79. The summed E-state index contributed by atoms with van der Waals surface area (Å²) in [6, 6.07) is 0. The van der Waals surface area contributed by atoms with Crippen molar-refractivity contribution in [3.05, 3.63) is 0 Å². The van der Waals surface area contributed by atoms with Gasteiger partial charge < -0.3 is 10.2 Å². The molecule has 3 heteroatoms. The van der Waals surface area contributed by atoms with Crippen molar-refractivity contribution in [1.82, 2.24) is 0 Å². The summed E-state index contributed by atoms with van der Waals surface area (Å²) >= 11 is 0. The average molecular weight is 196 g/mol. The van der Waals surface area contributed by atoms with Gasteiger partial charge in [0.25, 0.3) is 0 Å². The van der Waals surface area contributed by atoms with E-state index in [1.165, 1.54) is 0 Å². The van der Waals surface area contributed by atoms with Crippen LogP contribution >= 0.6 is 0 Å². The molecule has 0 saturated heterocycles. The van der Waals surface area contributed by atoms with Crippen LogP contribution in [-0.2, 0) is 4.79 Å². The fourth-order valence-electron chi connectivity index (χ4n) is 4.38. The topological polar surface area (TPSA) is 57.5 Å². The molecule has 3 aliphatic rings. The lowest BCUT2D eigenvalue weighted by Crippen LogP contribution is -2.32. The third kappa shape index (κ3) is 0.937. The van der Waals surface area contributed by atoms with Gasteiger partial charge in [0.05, 0.1) is 12.0 Å². The summed E-state index contributed by atoms with van der Waals surface area (Å²) in [5, 5.41) is 18.8. The molecule has 0 radical (unpaired) electrons. The highest BCUT2D eigenvalue weighted by Gasteiger charge is 2.58. The van der Waals surface area contributed by atoms with Crippen LogP contribution in [0.15, 0.2) is 0 Å². The molecule has 3 fully saturated rings. The second-order valence-electron chi connectivity index (χ2n) is 5.23. The standard InChI is InChI=1S/C11H16O3/c12-9-4-5-3-8(9)6-1-2-7(10(5)6)11(13)14/h5-10,12H,1-4H2,(H,13,14). The second kappa shape index (κ2) is 2.72. The van der Waals surface area contributed by atoms with E-state index >= 15 is 0 Å². The van der Waals surface area contributed by atoms with Crippen molar-refractivity contribution in [3.63, 3.8) is 0 Å². The molecule has 2 bridgehead atoms. The molecule has 6 atom stereocenters. The van der Waals surface area contributed by atoms with Gasteiger partial charge in [0, 0.05) is 0 Å². The minimum atomic E-state index is -0.612. The SMILES string of the molecule is O=C(O)C1CCC2C3CC(CC3O)C12. The van der Waals surface area contributed by atoms with Crippen molar-refractivity contribution in [2.75, 3.05) is 0 Å². The van der Waals surface area contributed by atoms with E-state index in [0.717, 1.165) is 25.7 Å². The van der Waals surface area contributed by atoms with E-state index in [1.54, 1.807) is 0 Å². The van der Waals surface area contributed by atoms with Gasteiger partial charge >= 0.3 is 5.97 Å². The molecule has 0 aliphatic heterocycles. The zero-order valence-corrected chi connectivity index (χ0v) is 8.10. The minimum absolute atomic E-state index is 0.109. The van der Waals surface area contributed by atoms with E-state index in [4.69, 9.17) is 5.11 Å². The van der Waals surface area contributed by atoms with Crippen LogP contribution < -0.4 is 0 Å². The highest BCUT2D eigenvalue weighted by molar-refractivity contribution is 5.71. The van der Waals surface area contributed by atoms with E-state index in [2.05, 4.69) is 0 Å². The van der Waals surface area contributed by atoms with Crippen LogP contribution in [-0.4, -0.2) is 22.3 Å². The number of hydrogen-bond donors (Lipinski definition) is 2. The predicted octanol–water partition coefficient (Wildman–Crippen LogP) is 1.11. The first-order valence-corrected chi connectivity index (χ1v) is 5.59. The first kappa shape index (κ1) is 8.72. The van der Waals surface area contributed by atoms with Crippen molar-refractivity contribution in [3.8, 4) is 0 Å². The van der Waals surface area contributed by atoms with Crippen molar-refractivity contribution >= 4 is 5.97 Å². The molecule has 0 aromatic carbocycles. The third-order valence-electron chi connectivity index (χ3n) is 4.79. The van der Waals surface area contributed by atoms with Crippen LogP contribution in [0.25, 0.3) is 0 Å². The molecule has 3 aliphatic carbocycles. The number of hydrogen-bond acceptors (Lipinski definition) is 2. The fraction of sp³-hybridized carbons (Fsp3) is 0.909. The maximum absolute atomic E-state index is 11.0. The summed E-state index contributed by atoms with van der Waals surface area (Å²) in [4.78, 5) is 11.0. The number of aliphatic carboxylic acids is 1. The van der Waals surface area contributed by atoms with E-state index < -0.39 is 5.97 Å². The average Bonchev–Trinajstić information content (AvgIpc) is 2.70. The van der Waals surface area contributed by atoms with Crippen LogP contribution in [0.4, 0.5) is 0 Å². The molecule has 6 unspecified atom stereocenters. The molecule has 0 amide bonds. The Kier molecular flexibility index (Phi) is 1.69. The van der Waals surface area contributed by atoms with Crippen LogP contribution in [0.2, 0.25) is 0 Å². The van der Waals surface area contributed by atoms with Gasteiger partial charge in [0.1, 0.15) is 0 Å². The molecule has 3 rings (SSSR count). The summed E-state index contributed by atoms with van der Waals surface area (Å²) < 4.78 is 0. The molecule has 0 heterocycles. The number of rotatable bonds is 1. The highest BCUT2D eigenvalue weighted by atomic mass is 16.4. The van der Waals surface area contributed by atoms with E-state index in [-0.39, 0.29) is 12.0 Å². The number of aliphatic hydroxyl groups excluding tert-OH is 1. The second-order valence-corrected chi connectivity index (χ2v) is 5.23. The molecule has 3 nitrogen and oxygen atoms in total.